The predicted octanol–water partition coefficient (Wildman–Crippen LogP) is 2.81. The quantitative estimate of drug-likeness (QED) is 0.742. The van der Waals surface area contributed by atoms with Gasteiger partial charge in [0, 0.05) is 32.7 Å². The topological polar surface area (TPSA) is 43.9 Å². The van der Waals surface area contributed by atoms with Crippen molar-refractivity contribution in [2.75, 3.05) is 33.2 Å². The first-order chi connectivity index (χ1) is 14.6. The predicted molar refractivity (Wildman–Crippen MR) is 118 cm³/mol. The van der Waals surface area contributed by atoms with Crippen molar-refractivity contribution in [1.29, 1.82) is 0 Å². The molecule has 4 rings (SSSR count). The molecule has 0 saturated carbocycles. The fraction of sp³-hybridized carbons (Fsp3) is 0.440. The summed E-state index contributed by atoms with van der Waals surface area (Å²) < 4.78 is 0. The fourth-order valence-corrected chi connectivity index (χ4v) is 4.78. The first kappa shape index (κ1) is 20.6. The highest BCUT2D eigenvalue weighted by molar-refractivity contribution is 5.89. The number of hydrogen-bond donors (Lipinski definition) is 0. The number of amides is 2. The number of carbonyl (C=O) groups excluding carboxylic acids is 2. The maximum Gasteiger partial charge on any atom is 0.242 e. The summed E-state index contributed by atoms with van der Waals surface area (Å²) in [4.78, 5) is 32.2. The molecule has 2 aliphatic heterocycles. The van der Waals surface area contributed by atoms with Gasteiger partial charge in [0.2, 0.25) is 11.8 Å². The monoisotopic (exact) mass is 405 g/mol. The molecule has 2 aliphatic rings. The van der Waals surface area contributed by atoms with Crippen LogP contribution in [-0.2, 0) is 22.6 Å². The summed E-state index contributed by atoms with van der Waals surface area (Å²) in [6.45, 7) is 3.34. The third-order valence-electron chi connectivity index (χ3n) is 6.51. The van der Waals surface area contributed by atoms with Crippen molar-refractivity contribution in [1.82, 2.24) is 14.7 Å². The van der Waals surface area contributed by atoms with E-state index in [0.29, 0.717) is 6.54 Å². The highest BCUT2D eigenvalue weighted by atomic mass is 16.2. The second-order valence-corrected chi connectivity index (χ2v) is 8.54. The largest absolute Gasteiger partial charge is 0.340 e. The van der Waals surface area contributed by atoms with Crippen molar-refractivity contribution in [3.8, 4) is 0 Å². The van der Waals surface area contributed by atoms with E-state index in [4.69, 9.17) is 0 Å². The van der Waals surface area contributed by atoms with E-state index in [1.807, 2.05) is 48.3 Å². The molecule has 2 atom stereocenters. The van der Waals surface area contributed by atoms with Crippen LogP contribution in [0.15, 0.2) is 60.7 Å². The van der Waals surface area contributed by atoms with Gasteiger partial charge in [-0.15, -0.1) is 0 Å². The molecule has 2 fully saturated rings. The Balaban J connectivity index is 1.41. The van der Waals surface area contributed by atoms with Crippen LogP contribution >= 0.6 is 0 Å². The molecule has 2 heterocycles. The summed E-state index contributed by atoms with van der Waals surface area (Å²) in [5.74, 6) is 0.0225. The molecule has 0 N–H and O–H groups in total. The van der Waals surface area contributed by atoms with Crippen LogP contribution in [0.4, 0.5) is 0 Å². The SMILES string of the molecule is CN1C(=O)CN(Cc2ccccc2)C(=O)[C@H]2CN(CCCc3ccccc3)CC[C@H]21. The van der Waals surface area contributed by atoms with Crippen molar-refractivity contribution < 1.29 is 9.59 Å². The van der Waals surface area contributed by atoms with Gasteiger partial charge in [0.05, 0.1) is 5.92 Å². The molecule has 2 amide bonds. The first-order valence-corrected chi connectivity index (χ1v) is 11.0. The third kappa shape index (κ3) is 4.73. The molecule has 0 aromatic heterocycles. The van der Waals surface area contributed by atoms with Gasteiger partial charge in [0.15, 0.2) is 0 Å². The van der Waals surface area contributed by atoms with E-state index in [2.05, 4.69) is 29.2 Å². The Morgan fingerprint density at radius 3 is 2.30 bits per heavy atom. The molecule has 2 aromatic rings. The van der Waals surface area contributed by atoms with Gasteiger partial charge in [0.1, 0.15) is 6.54 Å². The number of piperidine rings is 1. The molecular weight excluding hydrogens is 374 g/mol. The van der Waals surface area contributed by atoms with Crippen molar-refractivity contribution >= 4 is 11.8 Å². The Hall–Kier alpha value is -2.66. The average Bonchev–Trinajstić information content (AvgIpc) is 2.86. The zero-order valence-corrected chi connectivity index (χ0v) is 17.7. The number of aryl methyl sites for hydroxylation is 1. The highest BCUT2D eigenvalue weighted by Crippen LogP contribution is 2.27. The van der Waals surface area contributed by atoms with E-state index >= 15 is 0 Å². The summed E-state index contributed by atoms with van der Waals surface area (Å²) in [6, 6.07) is 20.5. The highest BCUT2D eigenvalue weighted by Gasteiger charge is 2.43. The summed E-state index contributed by atoms with van der Waals surface area (Å²) in [6.07, 6.45) is 3.00. The van der Waals surface area contributed by atoms with Gasteiger partial charge < -0.3 is 14.7 Å². The summed E-state index contributed by atoms with van der Waals surface area (Å²) in [7, 11) is 1.87. The smallest absolute Gasteiger partial charge is 0.242 e. The lowest BCUT2D eigenvalue weighted by Crippen LogP contribution is -2.53. The molecule has 0 spiro atoms. The molecule has 2 saturated heterocycles. The Morgan fingerprint density at radius 1 is 0.933 bits per heavy atom. The third-order valence-corrected chi connectivity index (χ3v) is 6.51. The van der Waals surface area contributed by atoms with E-state index in [1.165, 1.54) is 5.56 Å². The van der Waals surface area contributed by atoms with Crippen LogP contribution in [0.1, 0.15) is 24.0 Å². The Labute approximate surface area is 179 Å². The Kier molecular flexibility index (Phi) is 6.48. The summed E-state index contributed by atoms with van der Waals surface area (Å²) in [5, 5.41) is 0. The van der Waals surface area contributed by atoms with Crippen LogP contribution in [0.25, 0.3) is 0 Å². The zero-order valence-electron chi connectivity index (χ0n) is 17.7. The van der Waals surface area contributed by atoms with Crippen LogP contribution in [0.3, 0.4) is 0 Å². The number of hydrogen-bond acceptors (Lipinski definition) is 3. The average molecular weight is 406 g/mol. The minimum absolute atomic E-state index is 0.0103. The number of nitrogens with zero attached hydrogens (tertiary/aromatic N) is 3. The van der Waals surface area contributed by atoms with Gasteiger partial charge in [-0.25, -0.2) is 0 Å². The van der Waals surface area contributed by atoms with Crippen LogP contribution < -0.4 is 0 Å². The molecule has 0 bridgehead atoms. The van der Waals surface area contributed by atoms with Gasteiger partial charge in [0.25, 0.3) is 0 Å². The Morgan fingerprint density at radius 2 is 1.60 bits per heavy atom. The molecule has 0 aliphatic carbocycles. The number of rotatable bonds is 6. The fourth-order valence-electron chi connectivity index (χ4n) is 4.78. The second kappa shape index (κ2) is 9.43. The van der Waals surface area contributed by atoms with Gasteiger partial charge >= 0.3 is 0 Å². The maximum absolute atomic E-state index is 13.4. The molecule has 5 nitrogen and oxygen atoms in total. The Bertz CT molecular complexity index is 855. The minimum atomic E-state index is -0.143. The van der Waals surface area contributed by atoms with E-state index in [-0.39, 0.29) is 30.3 Å². The number of benzene rings is 2. The van der Waals surface area contributed by atoms with Gasteiger partial charge in [-0.05, 0) is 36.9 Å². The summed E-state index contributed by atoms with van der Waals surface area (Å²) in [5.41, 5.74) is 2.42. The number of fused-ring (bicyclic) bond motifs is 1. The zero-order chi connectivity index (χ0) is 20.9. The van der Waals surface area contributed by atoms with Crippen molar-refractivity contribution in [3.05, 3.63) is 71.8 Å². The van der Waals surface area contributed by atoms with Crippen LogP contribution in [0.2, 0.25) is 0 Å². The number of carbonyl (C=O) groups is 2. The van der Waals surface area contributed by atoms with Gasteiger partial charge in [-0.2, -0.15) is 0 Å². The number of likely N-dealkylation sites (tertiary alicyclic amines) is 1. The molecule has 158 valence electrons. The van der Waals surface area contributed by atoms with Crippen molar-refractivity contribution in [2.45, 2.75) is 31.8 Å². The molecule has 5 heteroatoms. The number of likely N-dealkylation sites (N-methyl/N-ethyl adjacent to an activating group) is 1. The normalized spacial score (nSPS) is 22.7. The van der Waals surface area contributed by atoms with Crippen molar-refractivity contribution in [2.24, 2.45) is 5.92 Å². The van der Waals surface area contributed by atoms with E-state index in [0.717, 1.165) is 44.5 Å². The molecule has 0 unspecified atom stereocenters. The van der Waals surface area contributed by atoms with E-state index in [1.54, 1.807) is 4.90 Å². The van der Waals surface area contributed by atoms with Gasteiger partial charge in [-0.1, -0.05) is 60.7 Å². The van der Waals surface area contributed by atoms with E-state index in [9.17, 15) is 9.59 Å². The lowest BCUT2D eigenvalue weighted by molar-refractivity contribution is -0.138. The molecular formula is C25H31N3O2. The van der Waals surface area contributed by atoms with Crippen LogP contribution in [-0.4, -0.2) is 65.8 Å². The maximum atomic E-state index is 13.4. The standard InChI is InChI=1S/C25H31N3O2/c1-26-23-14-16-27(15-8-13-20-9-4-2-5-10-20)18-22(23)25(30)28(19-24(26)29)17-21-11-6-3-7-12-21/h2-7,9-12,22-23H,8,13-19H2,1H3/t22-,23+/m0/s1. The van der Waals surface area contributed by atoms with Crippen LogP contribution in [0.5, 0.6) is 0 Å². The van der Waals surface area contributed by atoms with Crippen molar-refractivity contribution in [3.63, 3.8) is 0 Å². The molecule has 2 aromatic carbocycles. The summed E-state index contributed by atoms with van der Waals surface area (Å²) >= 11 is 0. The molecule has 30 heavy (non-hydrogen) atoms. The van der Waals surface area contributed by atoms with Crippen LogP contribution in [0, 0.1) is 5.92 Å². The first-order valence-electron chi connectivity index (χ1n) is 11.0. The lowest BCUT2D eigenvalue weighted by atomic mass is 9.90. The van der Waals surface area contributed by atoms with Gasteiger partial charge in [-0.3, -0.25) is 9.59 Å². The second-order valence-electron chi connectivity index (χ2n) is 8.54. The minimum Gasteiger partial charge on any atom is -0.340 e. The molecule has 0 radical (unpaired) electrons. The van der Waals surface area contributed by atoms with E-state index < -0.39 is 0 Å². The lowest BCUT2D eigenvalue weighted by Gasteiger charge is -2.40.